The Bertz CT molecular complexity index is 537. The lowest BCUT2D eigenvalue weighted by Crippen LogP contribution is -2.08. The van der Waals surface area contributed by atoms with Crippen molar-refractivity contribution in [1.82, 2.24) is 9.78 Å². The number of carboxylic acid groups (broad SMARTS) is 1. The highest BCUT2D eigenvalue weighted by atomic mass is 79.9. The Hall–Kier alpha value is -1.82. The van der Waals surface area contributed by atoms with E-state index in [9.17, 15) is 4.79 Å². The van der Waals surface area contributed by atoms with Gasteiger partial charge in [-0.15, -0.1) is 0 Å². The molecule has 0 bridgehead atoms. The highest BCUT2D eigenvalue weighted by molar-refractivity contribution is 9.10. The predicted octanol–water partition coefficient (Wildman–Crippen LogP) is 2.42. The first-order valence-corrected chi connectivity index (χ1v) is 6.08. The van der Waals surface area contributed by atoms with Crippen molar-refractivity contribution in [3.63, 3.8) is 0 Å². The van der Waals surface area contributed by atoms with Crippen LogP contribution in [0.25, 0.3) is 0 Å². The van der Waals surface area contributed by atoms with Crippen LogP contribution in [0.15, 0.2) is 41.1 Å². The monoisotopic (exact) mass is 310 g/mol. The zero-order valence-electron chi connectivity index (χ0n) is 9.41. The first kappa shape index (κ1) is 12.6. The molecule has 2 aromatic rings. The number of carboxylic acids is 1. The SMILES string of the molecule is O=C(O)c1ccc(OCCn2cc(Br)cn2)cc1. The second-order valence-corrected chi connectivity index (χ2v) is 4.52. The summed E-state index contributed by atoms with van der Waals surface area (Å²) in [5.41, 5.74) is 0.248. The largest absolute Gasteiger partial charge is 0.492 e. The molecule has 0 saturated carbocycles. The van der Waals surface area contributed by atoms with Crippen molar-refractivity contribution in [2.45, 2.75) is 6.54 Å². The fraction of sp³-hybridized carbons (Fsp3) is 0.167. The molecule has 6 heteroatoms. The Morgan fingerprint density at radius 2 is 2.11 bits per heavy atom. The zero-order valence-corrected chi connectivity index (χ0v) is 11.0. The average Bonchev–Trinajstić information content (AvgIpc) is 2.76. The first-order valence-electron chi connectivity index (χ1n) is 5.29. The fourth-order valence-corrected chi connectivity index (χ4v) is 1.74. The molecule has 94 valence electrons. The van der Waals surface area contributed by atoms with Crippen LogP contribution >= 0.6 is 15.9 Å². The minimum absolute atomic E-state index is 0.248. The Morgan fingerprint density at radius 1 is 1.39 bits per heavy atom. The van der Waals surface area contributed by atoms with Crippen LogP contribution in [0.4, 0.5) is 0 Å². The molecule has 0 atom stereocenters. The molecule has 0 saturated heterocycles. The van der Waals surface area contributed by atoms with Gasteiger partial charge in [0, 0.05) is 6.20 Å². The smallest absolute Gasteiger partial charge is 0.335 e. The van der Waals surface area contributed by atoms with Gasteiger partial charge in [0.1, 0.15) is 12.4 Å². The van der Waals surface area contributed by atoms with E-state index >= 15 is 0 Å². The summed E-state index contributed by atoms with van der Waals surface area (Å²) < 4.78 is 8.17. The summed E-state index contributed by atoms with van der Waals surface area (Å²) in [4.78, 5) is 10.7. The van der Waals surface area contributed by atoms with Gasteiger partial charge < -0.3 is 9.84 Å². The van der Waals surface area contributed by atoms with Crippen molar-refractivity contribution >= 4 is 21.9 Å². The normalized spacial score (nSPS) is 10.3. The van der Waals surface area contributed by atoms with Gasteiger partial charge in [-0.05, 0) is 40.2 Å². The predicted molar refractivity (Wildman–Crippen MR) is 68.8 cm³/mol. The summed E-state index contributed by atoms with van der Waals surface area (Å²) in [6.07, 6.45) is 3.57. The van der Waals surface area contributed by atoms with Gasteiger partial charge in [0.05, 0.1) is 22.8 Å². The van der Waals surface area contributed by atoms with Gasteiger partial charge in [0.25, 0.3) is 0 Å². The zero-order chi connectivity index (χ0) is 13.0. The molecule has 0 amide bonds. The Kier molecular flexibility index (Phi) is 3.99. The quantitative estimate of drug-likeness (QED) is 0.921. The number of hydrogen-bond acceptors (Lipinski definition) is 3. The highest BCUT2D eigenvalue weighted by Gasteiger charge is 2.02. The summed E-state index contributed by atoms with van der Waals surface area (Å²) in [7, 11) is 0. The van der Waals surface area contributed by atoms with E-state index in [0.717, 1.165) is 4.47 Å². The molecule has 0 radical (unpaired) electrons. The van der Waals surface area contributed by atoms with E-state index in [2.05, 4.69) is 21.0 Å². The van der Waals surface area contributed by atoms with Crippen LogP contribution in [-0.4, -0.2) is 27.5 Å². The van der Waals surface area contributed by atoms with Crippen molar-refractivity contribution in [2.24, 2.45) is 0 Å². The number of aromatic carboxylic acids is 1. The van der Waals surface area contributed by atoms with Gasteiger partial charge in [-0.1, -0.05) is 0 Å². The van der Waals surface area contributed by atoms with Gasteiger partial charge in [0.15, 0.2) is 0 Å². The molecule has 18 heavy (non-hydrogen) atoms. The molecule has 0 aliphatic heterocycles. The van der Waals surface area contributed by atoms with Crippen LogP contribution in [0.5, 0.6) is 5.75 Å². The molecule has 0 spiro atoms. The van der Waals surface area contributed by atoms with Gasteiger partial charge in [-0.25, -0.2) is 4.79 Å². The summed E-state index contributed by atoms with van der Waals surface area (Å²) in [6.45, 7) is 1.10. The third-order valence-corrected chi connectivity index (χ3v) is 2.70. The van der Waals surface area contributed by atoms with Crippen molar-refractivity contribution in [3.05, 3.63) is 46.7 Å². The maximum atomic E-state index is 10.7. The number of ether oxygens (including phenoxy) is 1. The van der Waals surface area contributed by atoms with Crippen molar-refractivity contribution in [3.8, 4) is 5.75 Å². The molecule has 0 aliphatic rings. The molecular formula is C12H11BrN2O3. The number of carbonyl (C=O) groups is 1. The van der Waals surface area contributed by atoms with Crippen molar-refractivity contribution < 1.29 is 14.6 Å². The minimum Gasteiger partial charge on any atom is -0.492 e. The molecule has 0 aliphatic carbocycles. The van der Waals surface area contributed by atoms with Gasteiger partial charge in [-0.3, -0.25) is 4.68 Å². The molecule has 1 heterocycles. The van der Waals surface area contributed by atoms with Crippen molar-refractivity contribution in [2.75, 3.05) is 6.61 Å². The number of benzene rings is 1. The van der Waals surface area contributed by atoms with Crippen LogP contribution in [0.3, 0.4) is 0 Å². The summed E-state index contributed by atoms with van der Waals surface area (Å²) in [6, 6.07) is 6.31. The average molecular weight is 311 g/mol. The Labute approximate surface area is 112 Å². The molecular weight excluding hydrogens is 300 g/mol. The Balaban J connectivity index is 1.85. The topological polar surface area (TPSA) is 64.3 Å². The maximum absolute atomic E-state index is 10.7. The van der Waals surface area contributed by atoms with Crippen molar-refractivity contribution in [1.29, 1.82) is 0 Å². The van der Waals surface area contributed by atoms with E-state index in [1.807, 2.05) is 6.20 Å². The fourth-order valence-electron chi connectivity index (χ4n) is 1.41. The van der Waals surface area contributed by atoms with Gasteiger partial charge in [0.2, 0.25) is 0 Å². The molecule has 5 nitrogen and oxygen atoms in total. The lowest BCUT2D eigenvalue weighted by atomic mass is 10.2. The first-order chi connectivity index (χ1) is 8.65. The molecule has 1 aromatic carbocycles. The maximum Gasteiger partial charge on any atom is 0.335 e. The second-order valence-electron chi connectivity index (χ2n) is 3.60. The molecule has 1 aromatic heterocycles. The second kappa shape index (κ2) is 5.68. The van der Waals surface area contributed by atoms with Crippen LogP contribution in [0, 0.1) is 0 Å². The summed E-state index contributed by atoms with van der Waals surface area (Å²) >= 11 is 3.31. The number of nitrogens with zero attached hydrogens (tertiary/aromatic N) is 2. The van der Waals surface area contributed by atoms with E-state index in [1.54, 1.807) is 23.0 Å². The van der Waals surface area contributed by atoms with Gasteiger partial charge >= 0.3 is 5.97 Å². The summed E-state index contributed by atoms with van der Waals surface area (Å²) in [5.74, 6) is -0.297. The van der Waals surface area contributed by atoms with E-state index in [1.165, 1.54) is 12.1 Å². The third-order valence-electron chi connectivity index (χ3n) is 2.29. The third kappa shape index (κ3) is 3.33. The van der Waals surface area contributed by atoms with Crippen LogP contribution < -0.4 is 4.74 Å². The molecule has 0 fully saturated rings. The highest BCUT2D eigenvalue weighted by Crippen LogP contribution is 2.12. The standard InChI is InChI=1S/C12H11BrN2O3/c13-10-7-14-15(8-10)5-6-18-11-3-1-9(2-4-11)12(16)17/h1-4,7-8H,5-6H2,(H,16,17). The van der Waals surface area contributed by atoms with E-state index in [4.69, 9.17) is 9.84 Å². The van der Waals surface area contributed by atoms with E-state index in [-0.39, 0.29) is 5.56 Å². The summed E-state index contributed by atoms with van der Waals surface area (Å²) in [5, 5.41) is 12.8. The van der Waals surface area contributed by atoms with Crippen LogP contribution in [0.2, 0.25) is 0 Å². The number of hydrogen-bond donors (Lipinski definition) is 1. The van der Waals surface area contributed by atoms with E-state index in [0.29, 0.717) is 18.9 Å². The minimum atomic E-state index is -0.942. The lowest BCUT2D eigenvalue weighted by molar-refractivity contribution is 0.0697. The van der Waals surface area contributed by atoms with E-state index < -0.39 is 5.97 Å². The Morgan fingerprint density at radius 3 is 2.67 bits per heavy atom. The molecule has 2 rings (SSSR count). The number of halogens is 1. The molecule has 0 unspecified atom stereocenters. The molecule has 1 N–H and O–H groups in total. The van der Waals surface area contributed by atoms with Crippen LogP contribution in [0.1, 0.15) is 10.4 Å². The lowest BCUT2D eigenvalue weighted by Gasteiger charge is -2.06. The van der Waals surface area contributed by atoms with Crippen LogP contribution in [-0.2, 0) is 6.54 Å². The van der Waals surface area contributed by atoms with Gasteiger partial charge in [-0.2, -0.15) is 5.10 Å². The number of rotatable bonds is 5. The number of aromatic nitrogens is 2.